The van der Waals surface area contributed by atoms with Crippen LogP contribution in [0.15, 0.2) is 12.4 Å². The van der Waals surface area contributed by atoms with Gasteiger partial charge in [0, 0.05) is 31.8 Å². The van der Waals surface area contributed by atoms with Crippen LogP contribution in [0.25, 0.3) is 0 Å². The van der Waals surface area contributed by atoms with Gasteiger partial charge in [-0.15, -0.1) is 0 Å². The van der Waals surface area contributed by atoms with Gasteiger partial charge in [0.05, 0.1) is 6.20 Å². The van der Waals surface area contributed by atoms with Crippen molar-refractivity contribution in [1.82, 2.24) is 15.1 Å². The highest BCUT2D eigenvalue weighted by molar-refractivity contribution is 5.75. The molecule has 1 aliphatic rings. The summed E-state index contributed by atoms with van der Waals surface area (Å²) >= 11 is 0. The molecular weight excluding hydrogens is 238 g/mol. The number of H-pyrrole nitrogens is 1. The summed E-state index contributed by atoms with van der Waals surface area (Å²) in [6.45, 7) is 0.652. The molecule has 1 aromatic rings. The number of amides is 1. The molecule has 0 bridgehead atoms. The maximum Gasteiger partial charge on any atom is 0.222 e. The summed E-state index contributed by atoms with van der Waals surface area (Å²) in [5, 5.41) is 6.67. The zero-order valence-corrected chi connectivity index (χ0v) is 11.9. The van der Waals surface area contributed by atoms with Gasteiger partial charge in [-0.1, -0.05) is 32.1 Å². The van der Waals surface area contributed by atoms with Gasteiger partial charge in [-0.2, -0.15) is 5.10 Å². The molecule has 1 saturated carbocycles. The van der Waals surface area contributed by atoms with E-state index in [1.807, 2.05) is 13.2 Å². The van der Waals surface area contributed by atoms with Crippen molar-refractivity contribution in [2.24, 2.45) is 5.92 Å². The van der Waals surface area contributed by atoms with Gasteiger partial charge in [-0.3, -0.25) is 9.89 Å². The Bertz CT molecular complexity index is 369. The first-order valence-corrected chi connectivity index (χ1v) is 7.47. The van der Waals surface area contributed by atoms with Crippen LogP contribution < -0.4 is 0 Å². The Labute approximate surface area is 115 Å². The second-order valence-electron chi connectivity index (χ2n) is 5.75. The third kappa shape index (κ3) is 4.69. The van der Waals surface area contributed by atoms with Gasteiger partial charge in [-0.25, -0.2) is 0 Å². The molecule has 0 saturated heterocycles. The molecule has 1 aliphatic carbocycles. The monoisotopic (exact) mass is 263 g/mol. The van der Waals surface area contributed by atoms with Crippen molar-refractivity contribution in [3.63, 3.8) is 0 Å². The van der Waals surface area contributed by atoms with Gasteiger partial charge in [0.15, 0.2) is 0 Å². The van der Waals surface area contributed by atoms with Gasteiger partial charge < -0.3 is 4.90 Å². The lowest BCUT2D eigenvalue weighted by Crippen LogP contribution is -2.25. The minimum atomic E-state index is 0.247. The van der Waals surface area contributed by atoms with Gasteiger partial charge in [0.25, 0.3) is 0 Å². The minimum Gasteiger partial charge on any atom is -0.341 e. The van der Waals surface area contributed by atoms with Crippen molar-refractivity contribution < 1.29 is 4.79 Å². The number of rotatable bonds is 6. The molecule has 0 aromatic carbocycles. The Morgan fingerprint density at radius 2 is 2.21 bits per heavy atom. The fourth-order valence-electron chi connectivity index (χ4n) is 2.93. The first kappa shape index (κ1) is 14.1. The maximum atomic E-state index is 12.0. The molecule has 1 N–H and O–H groups in total. The molecule has 1 amide bonds. The van der Waals surface area contributed by atoms with Crippen LogP contribution in [0, 0.1) is 5.92 Å². The van der Waals surface area contributed by atoms with Gasteiger partial charge in [0.1, 0.15) is 0 Å². The van der Waals surface area contributed by atoms with Crippen molar-refractivity contribution in [2.75, 3.05) is 7.05 Å². The van der Waals surface area contributed by atoms with E-state index >= 15 is 0 Å². The van der Waals surface area contributed by atoms with Crippen molar-refractivity contribution in [1.29, 1.82) is 0 Å². The Balaban J connectivity index is 1.63. The molecule has 0 radical (unpaired) electrons. The Kier molecular flexibility index (Phi) is 5.43. The van der Waals surface area contributed by atoms with Crippen LogP contribution in [0.1, 0.15) is 56.9 Å². The fraction of sp³-hybridized carbons (Fsp3) is 0.733. The van der Waals surface area contributed by atoms with Crippen molar-refractivity contribution >= 4 is 5.91 Å². The summed E-state index contributed by atoms with van der Waals surface area (Å²) in [4.78, 5) is 13.8. The van der Waals surface area contributed by atoms with Crippen LogP contribution in [-0.2, 0) is 11.3 Å². The fourth-order valence-corrected chi connectivity index (χ4v) is 2.93. The predicted molar refractivity (Wildman–Crippen MR) is 75.5 cm³/mol. The van der Waals surface area contributed by atoms with Crippen LogP contribution in [0.5, 0.6) is 0 Å². The maximum absolute atomic E-state index is 12.0. The molecule has 2 rings (SSSR count). The van der Waals surface area contributed by atoms with E-state index in [0.29, 0.717) is 13.0 Å². The van der Waals surface area contributed by atoms with Crippen LogP contribution >= 0.6 is 0 Å². The van der Waals surface area contributed by atoms with E-state index < -0.39 is 0 Å². The summed E-state index contributed by atoms with van der Waals surface area (Å²) in [5.41, 5.74) is 1.06. The Morgan fingerprint density at radius 3 is 2.89 bits per heavy atom. The van der Waals surface area contributed by atoms with Gasteiger partial charge in [-0.05, 0) is 18.8 Å². The number of nitrogens with zero attached hydrogens (tertiary/aromatic N) is 2. The molecule has 19 heavy (non-hydrogen) atoms. The number of nitrogens with one attached hydrogen (secondary N) is 1. The lowest BCUT2D eigenvalue weighted by Gasteiger charge is -2.22. The zero-order valence-electron chi connectivity index (χ0n) is 11.9. The second kappa shape index (κ2) is 7.31. The molecular formula is C15H25N3O. The van der Waals surface area contributed by atoms with E-state index in [0.717, 1.165) is 17.9 Å². The SMILES string of the molecule is CN(Cc1cn[nH]c1)C(=O)CCCC1CCCCC1. The summed E-state index contributed by atoms with van der Waals surface area (Å²) in [5.74, 6) is 1.12. The quantitative estimate of drug-likeness (QED) is 0.857. The number of aromatic nitrogens is 2. The van der Waals surface area contributed by atoms with Crippen LogP contribution in [0.2, 0.25) is 0 Å². The molecule has 1 heterocycles. The van der Waals surface area contributed by atoms with Crippen molar-refractivity contribution in [3.05, 3.63) is 18.0 Å². The van der Waals surface area contributed by atoms with E-state index in [-0.39, 0.29) is 5.91 Å². The highest BCUT2D eigenvalue weighted by Crippen LogP contribution is 2.27. The van der Waals surface area contributed by atoms with Crippen molar-refractivity contribution in [2.45, 2.75) is 57.9 Å². The summed E-state index contributed by atoms with van der Waals surface area (Å²) in [6.07, 6.45) is 13.5. The Morgan fingerprint density at radius 1 is 1.42 bits per heavy atom. The van der Waals surface area contributed by atoms with E-state index in [1.165, 1.54) is 38.5 Å². The second-order valence-corrected chi connectivity index (χ2v) is 5.75. The third-order valence-corrected chi connectivity index (χ3v) is 4.13. The number of hydrogen-bond acceptors (Lipinski definition) is 2. The van der Waals surface area contributed by atoms with E-state index in [2.05, 4.69) is 10.2 Å². The predicted octanol–water partition coefficient (Wildman–Crippen LogP) is 3.12. The third-order valence-electron chi connectivity index (χ3n) is 4.13. The average Bonchev–Trinajstić information content (AvgIpc) is 2.92. The van der Waals surface area contributed by atoms with Crippen LogP contribution in [-0.4, -0.2) is 28.1 Å². The number of carbonyl (C=O) groups is 1. The number of carbonyl (C=O) groups excluding carboxylic acids is 1. The van der Waals surface area contributed by atoms with Gasteiger partial charge >= 0.3 is 0 Å². The van der Waals surface area contributed by atoms with Gasteiger partial charge in [0.2, 0.25) is 5.91 Å². The van der Waals surface area contributed by atoms with Crippen molar-refractivity contribution in [3.8, 4) is 0 Å². The topological polar surface area (TPSA) is 49.0 Å². The smallest absolute Gasteiger partial charge is 0.222 e. The normalized spacial score (nSPS) is 16.5. The first-order valence-electron chi connectivity index (χ1n) is 7.47. The lowest BCUT2D eigenvalue weighted by atomic mass is 9.86. The van der Waals surface area contributed by atoms with E-state index in [9.17, 15) is 4.79 Å². The summed E-state index contributed by atoms with van der Waals surface area (Å²) in [6, 6.07) is 0. The standard InChI is InChI=1S/C15H25N3O/c1-18(12-14-10-16-17-11-14)15(19)9-5-8-13-6-3-2-4-7-13/h10-11,13H,2-9,12H2,1H3,(H,16,17). The number of aromatic amines is 1. The molecule has 1 aromatic heterocycles. The minimum absolute atomic E-state index is 0.247. The highest BCUT2D eigenvalue weighted by atomic mass is 16.2. The summed E-state index contributed by atoms with van der Waals surface area (Å²) < 4.78 is 0. The van der Waals surface area contributed by atoms with E-state index in [1.54, 1.807) is 11.1 Å². The first-order chi connectivity index (χ1) is 9.25. The molecule has 0 atom stereocenters. The highest BCUT2D eigenvalue weighted by Gasteiger charge is 2.15. The average molecular weight is 263 g/mol. The largest absolute Gasteiger partial charge is 0.341 e. The molecule has 4 nitrogen and oxygen atoms in total. The molecule has 4 heteroatoms. The Hall–Kier alpha value is -1.32. The molecule has 0 unspecified atom stereocenters. The molecule has 0 spiro atoms. The molecule has 0 aliphatic heterocycles. The van der Waals surface area contributed by atoms with Crippen LogP contribution in [0.3, 0.4) is 0 Å². The molecule has 1 fully saturated rings. The van der Waals surface area contributed by atoms with E-state index in [4.69, 9.17) is 0 Å². The summed E-state index contributed by atoms with van der Waals surface area (Å²) in [7, 11) is 1.87. The van der Waals surface area contributed by atoms with Crippen LogP contribution in [0.4, 0.5) is 0 Å². The lowest BCUT2D eigenvalue weighted by molar-refractivity contribution is -0.130. The molecule has 106 valence electrons. The number of hydrogen-bond donors (Lipinski definition) is 1. The zero-order chi connectivity index (χ0) is 13.5.